The molecule has 1 aromatic heterocycles. The number of fused-ring (bicyclic) bond motifs is 1. The number of imide groups is 1. The Morgan fingerprint density at radius 3 is 2.75 bits per heavy atom. The van der Waals surface area contributed by atoms with Gasteiger partial charge in [-0.3, -0.25) is 14.6 Å². The standard InChI is InChI=1S/C19H16F2N4O3/c20-12-3-4-15(14(21)8-12)25-18(27)16-9-13(5-7-24(16)19(25)28)23-17(26)11-2-1-6-22-10-11/h1-4,6,8,10,13,16H,5,7,9H2,(H,23,26). The van der Waals surface area contributed by atoms with Crippen molar-refractivity contribution in [2.75, 3.05) is 11.4 Å². The van der Waals surface area contributed by atoms with Crippen LogP contribution in [0.25, 0.3) is 0 Å². The Balaban J connectivity index is 1.51. The zero-order valence-electron chi connectivity index (χ0n) is 14.6. The van der Waals surface area contributed by atoms with E-state index in [4.69, 9.17) is 0 Å². The molecule has 2 atom stereocenters. The highest BCUT2D eigenvalue weighted by molar-refractivity contribution is 6.21. The molecule has 7 nitrogen and oxygen atoms in total. The van der Waals surface area contributed by atoms with Gasteiger partial charge in [-0.05, 0) is 37.1 Å². The monoisotopic (exact) mass is 386 g/mol. The lowest BCUT2D eigenvalue weighted by molar-refractivity contribution is -0.120. The third-order valence-electron chi connectivity index (χ3n) is 4.95. The quantitative estimate of drug-likeness (QED) is 0.819. The minimum absolute atomic E-state index is 0.218. The van der Waals surface area contributed by atoms with E-state index in [2.05, 4.69) is 10.3 Å². The number of nitrogens with zero attached hydrogens (tertiary/aromatic N) is 3. The molecule has 3 heterocycles. The van der Waals surface area contributed by atoms with Crippen molar-refractivity contribution < 1.29 is 23.2 Å². The smallest absolute Gasteiger partial charge is 0.332 e. The molecule has 28 heavy (non-hydrogen) atoms. The molecule has 4 rings (SSSR count). The Hall–Kier alpha value is -3.36. The lowest BCUT2D eigenvalue weighted by Crippen LogP contribution is -2.49. The van der Waals surface area contributed by atoms with Gasteiger partial charge in [0, 0.05) is 31.0 Å². The van der Waals surface area contributed by atoms with Crippen LogP contribution in [0.2, 0.25) is 0 Å². The van der Waals surface area contributed by atoms with Gasteiger partial charge >= 0.3 is 6.03 Å². The van der Waals surface area contributed by atoms with Crippen molar-refractivity contribution in [3.8, 4) is 0 Å². The summed E-state index contributed by atoms with van der Waals surface area (Å²) in [6, 6.07) is 4.20. The van der Waals surface area contributed by atoms with Crippen LogP contribution in [0.3, 0.4) is 0 Å². The molecule has 2 aliphatic rings. The van der Waals surface area contributed by atoms with Gasteiger partial charge in [-0.1, -0.05) is 0 Å². The number of halogens is 2. The molecule has 0 bridgehead atoms. The Morgan fingerprint density at radius 1 is 1.21 bits per heavy atom. The number of carbonyl (C=O) groups excluding carboxylic acids is 3. The fourth-order valence-electron chi connectivity index (χ4n) is 3.58. The molecule has 144 valence electrons. The second-order valence-electron chi connectivity index (χ2n) is 6.70. The Kier molecular flexibility index (Phi) is 4.50. The van der Waals surface area contributed by atoms with Crippen molar-refractivity contribution in [1.29, 1.82) is 0 Å². The van der Waals surface area contributed by atoms with Crippen LogP contribution < -0.4 is 10.2 Å². The number of hydrogen-bond acceptors (Lipinski definition) is 4. The molecule has 0 spiro atoms. The molecule has 2 aliphatic heterocycles. The summed E-state index contributed by atoms with van der Waals surface area (Å²) < 4.78 is 27.2. The van der Waals surface area contributed by atoms with Crippen LogP contribution in [0, 0.1) is 11.6 Å². The average Bonchev–Trinajstić information content (AvgIpc) is 2.93. The van der Waals surface area contributed by atoms with E-state index in [-0.39, 0.29) is 30.6 Å². The molecule has 1 N–H and O–H groups in total. The second-order valence-corrected chi connectivity index (χ2v) is 6.70. The van der Waals surface area contributed by atoms with Gasteiger partial charge in [0.2, 0.25) is 0 Å². The first-order chi connectivity index (χ1) is 13.5. The van der Waals surface area contributed by atoms with Crippen molar-refractivity contribution in [1.82, 2.24) is 15.2 Å². The first kappa shape index (κ1) is 18.0. The van der Waals surface area contributed by atoms with Gasteiger partial charge in [0.05, 0.1) is 11.3 Å². The summed E-state index contributed by atoms with van der Waals surface area (Å²) >= 11 is 0. The molecular formula is C19H16F2N4O3. The maximum absolute atomic E-state index is 14.1. The predicted molar refractivity (Wildman–Crippen MR) is 94.5 cm³/mol. The van der Waals surface area contributed by atoms with Crippen molar-refractivity contribution >= 4 is 23.5 Å². The number of nitrogens with one attached hydrogen (secondary N) is 1. The Bertz CT molecular complexity index is 953. The van der Waals surface area contributed by atoms with Crippen LogP contribution >= 0.6 is 0 Å². The summed E-state index contributed by atoms with van der Waals surface area (Å²) in [6.45, 7) is 0.243. The second kappa shape index (κ2) is 6.99. The molecule has 2 aromatic rings. The minimum Gasteiger partial charge on any atom is -0.349 e. The van der Waals surface area contributed by atoms with E-state index in [1.807, 2.05) is 0 Å². The van der Waals surface area contributed by atoms with Gasteiger partial charge in [-0.2, -0.15) is 0 Å². The Morgan fingerprint density at radius 2 is 2.04 bits per heavy atom. The highest BCUT2D eigenvalue weighted by Crippen LogP contribution is 2.32. The van der Waals surface area contributed by atoms with Crippen molar-refractivity contribution in [2.24, 2.45) is 0 Å². The number of anilines is 1. The fourth-order valence-corrected chi connectivity index (χ4v) is 3.58. The Labute approximate surface area is 159 Å². The number of aromatic nitrogens is 1. The SMILES string of the molecule is O=C(NC1CCN2C(=O)N(c3ccc(F)cc3F)C(=O)C2C1)c1cccnc1. The van der Waals surface area contributed by atoms with Crippen LogP contribution in [0.4, 0.5) is 19.3 Å². The molecule has 2 saturated heterocycles. The minimum atomic E-state index is -0.983. The first-order valence-electron chi connectivity index (χ1n) is 8.76. The number of carbonyl (C=O) groups is 3. The van der Waals surface area contributed by atoms with Crippen LogP contribution in [0.1, 0.15) is 23.2 Å². The van der Waals surface area contributed by atoms with E-state index >= 15 is 0 Å². The normalized spacial score (nSPS) is 21.6. The van der Waals surface area contributed by atoms with Gasteiger partial charge in [0.25, 0.3) is 11.8 Å². The maximum Gasteiger partial charge on any atom is 0.332 e. The van der Waals surface area contributed by atoms with Crippen LogP contribution in [-0.4, -0.2) is 46.4 Å². The molecule has 1 aromatic carbocycles. The number of hydrogen-bond donors (Lipinski definition) is 1. The summed E-state index contributed by atoms with van der Waals surface area (Å²) in [6.07, 6.45) is 3.67. The lowest BCUT2D eigenvalue weighted by atomic mass is 9.97. The predicted octanol–water partition coefficient (Wildman–Crippen LogP) is 2.09. The largest absolute Gasteiger partial charge is 0.349 e. The zero-order valence-corrected chi connectivity index (χ0v) is 14.6. The zero-order chi connectivity index (χ0) is 19.8. The van der Waals surface area contributed by atoms with Crippen molar-refractivity contribution in [3.05, 3.63) is 59.9 Å². The molecule has 9 heteroatoms. The van der Waals surface area contributed by atoms with E-state index in [9.17, 15) is 23.2 Å². The van der Waals surface area contributed by atoms with Crippen LogP contribution in [0.5, 0.6) is 0 Å². The van der Waals surface area contributed by atoms with Gasteiger partial charge in [0.1, 0.15) is 17.7 Å². The van der Waals surface area contributed by atoms with E-state index in [0.717, 1.165) is 17.0 Å². The highest BCUT2D eigenvalue weighted by Gasteiger charge is 2.49. The van der Waals surface area contributed by atoms with Gasteiger partial charge in [-0.25, -0.2) is 18.5 Å². The highest BCUT2D eigenvalue weighted by atomic mass is 19.1. The summed E-state index contributed by atoms with van der Waals surface area (Å²) in [5, 5.41) is 2.85. The van der Waals surface area contributed by atoms with E-state index < -0.39 is 29.6 Å². The van der Waals surface area contributed by atoms with Gasteiger partial charge in [0.15, 0.2) is 0 Å². The van der Waals surface area contributed by atoms with Gasteiger partial charge in [-0.15, -0.1) is 0 Å². The molecular weight excluding hydrogens is 370 g/mol. The molecule has 0 saturated carbocycles. The fraction of sp³-hybridized carbons (Fsp3) is 0.263. The number of piperidine rings is 1. The first-order valence-corrected chi connectivity index (χ1v) is 8.76. The number of pyridine rings is 1. The topological polar surface area (TPSA) is 82.6 Å². The summed E-state index contributed by atoms with van der Waals surface area (Å²) in [7, 11) is 0. The van der Waals surface area contributed by atoms with Crippen molar-refractivity contribution in [2.45, 2.75) is 24.9 Å². The van der Waals surface area contributed by atoms with E-state index in [1.54, 1.807) is 18.3 Å². The maximum atomic E-state index is 14.1. The van der Waals surface area contributed by atoms with Crippen LogP contribution in [-0.2, 0) is 4.79 Å². The molecule has 2 fully saturated rings. The lowest BCUT2D eigenvalue weighted by Gasteiger charge is -2.32. The van der Waals surface area contributed by atoms with Gasteiger partial charge < -0.3 is 10.2 Å². The third-order valence-corrected chi connectivity index (χ3v) is 4.95. The van der Waals surface area contributed by atoms with Crippen LogP contribution in [0.15, 0.2) is 42.7 Å². The number of urea groups is 1. The molecule has 0 radical (unpaired) electrons. The number of benzene rings is 1. The molecule has 0 aliphatic carbocycles. The van der Waals surface area contributed by atoms with E-state index in [0.29, 0.717) is 18.1 Å². The summed E-state index contributed by atoms with van der Waals surface area (Å²) in [4.78, 5) is 43.7. The average molecular weight is 386 g/mol. The molecule has 2 unspecified atom stereocenters. The summed E-state index contributed by atoms with van der Waals surface area (Å²) in [5.41, 5.74) is 0.121. The summed E-state index contributed by atoms with van der Waals surface area (Å²) in [5.74, 6) is -2.68. The van der Waals surface area contributed by atoms with E-state index in [1.165, 1.54) is 11.1 Å². The van der Waals surface area contributed by atoms with Crippen molar-refractivity contribution in [3.63, 3.8) is 0 Å². The number of amides is 4. The molecule has 4 amide bonds. The number of rotatable bonds is 3. The third kappa shape index (κ3) is 3.08.